The van der Waals surface area contributed by atoms with Crippen molar-refractivity contribution in [1.29, 1.82) is 0 Å². The first-order chi connectivity index (χ1) is 8.66. The first-order valence-corrected chi connectivity index (χ1v) is 6.96. The highest BCUT2D eigenvalue weighted by Crippen LogP contribution is 2.56. The van der Waals surface area contributed by atoms with Gasteiger partial charge in [-0.05, 0) is 49.1 Å². The van der Waals surface area contributed by atoms with E-state index in [0.29, 0.717) is 17.9 Å². The Bertz CT molecular complexity index is 499. The Labute approximate surface area is 108 Å². The number of anilines is 2. The minimum Gasteiger partial charge on any atom is -0.397 e. The van der Waals surface area contributed by atoms with E-state index in [0.717, 1.165) is 29.4 Å². The van der Waals surface area contributed by atoms with Gasteiger partial charge in [-0.2, -0.15) is 0 Å². The van der Waals surface area contributed by atoms with E-state index in [1.165, 1.54) is 12.8 Å². The van der Waals surface area contributed by atoms with Crippen LogP contribution in [0.1, 0.15) is 18.4 Å². The Kier molecular flexibility index (Phi) is 2.03. The lowest BCUT2D eigenvalue weighted by molar-refractivity contribution is 0.0967. The van der Waals surface area contributed by atoms with E-state index in [-0.39, 0.29) is 6.10 Å². The quantitative estimate of drug-likeness (QED) is 0.740. The number of nitrogens with two attached hydrogens (primary N) is 1. The van der Waals surface area contributed by atoms with Crippen LogP contribution in [0.15, 0.2) is 18.2 Å². The summed E-state index contributed by atoms with van der Waals surface area (Å²) in [5, 5.41) is 10.4. The van der Waals surface area contributed by atoms with Crippen LogP contribution in [0.25, 0.3) is 0 Å². The van der Waals surface area contributed by atoms with Gasteiger partial charge in [0.15, 0.2) is 0 Å². The van der Waals surface area contributed by atoms with E-state index in [4.69, 9.17) is 5.73 Å². The molecule has 3 fully saturated rings. The molecule has 0 aromatic heterocycles. The van der Waals surface area contributed by atoms with Crippen LogP contribution in [-0.4, -0.2) is 23.8 Å². The summed E-state index contributed by atoms with van der Waals surface area (Å²) in [6, 6.07) is 6.54. The van der Waals surface area contributed by atoms with Gasteiger partial charge in [0.25, 0.3) is 0 Å². The monoisotopic (exact) mass is 244 g/mol. The lowest BCUT2D eigenvalue weighted by Crippen LogP contribution is -2.41. The first kappa shape index (κ1) is 10.7. The van der Waals surface area contributed by atoms with E-state index in [1.807, 2.05) is 0 Å². The van der Waals surface area contributed by atoms with Gasteiger partial charge in [0.1, 0.15) is 0 Å². The number of fused-ring (bicyclic) bond motifs is 1. The molecule has 2 aliphatic carbocycles. The molecule has 2 saturated carbocycles. The van der Waals surface area contributed by atoms with E-state index in [9.17, 15) is 5.11 Å². The Morgan fingerprint density at radius 3 is 2.89 bits per heavy atom. The van der Waals surface area contributed by atoms with Gasteiger partial charge in [0.05, 0.1) is 23.5 Å². The van der Waals surface area contributed by atoms with Gasteiger partial charge in [0.2, 0.25) is 0 Å². The SMILES string of the molecule is Cc1cccc(N2CC3CC4CC3C2C4O)c1N. The molecule has 1 aliphatic heterocycles. The number of aryl methyl sites for hydroxylation is 1. The van der Waals surface area contributed by atoms with Crippen molar-refractivity contribution < 1.29 is 5.11 Å². The maximum absolute atomic E-state index is 10.4. The topological polar surface area (TPSA) is 49.5 Å². The summed E-state index contributed by atoms with van der Waals surface area (Å²) < 4.78 is 0. The zero-order chi connectivity index (χ0) is 12.4. The molecule has 3 nitrogen and oxygen atoms in total. The smallest absolute Gasteiger partial charge is 0.0774 e. The van der Waals surface area contributed by atoms with E-state index in [2.05, 4.69) is 30.0 Å². The summed E-state index contributed by atoms with van der Waals surface area (Å²) in [6.07, 6.45) is 2.29. The Balaban J connectivity index is 1.76. The lowest BCUT2D eigenvalue weighted by Gasteiger charge is -2.31. The molecule has 5 unspecified atom stereocenters. The van der Waals surface area contributed by atoms with Crippen LogP contribution < -0.4 is 10.6 Å². The zero-order valence-electron chi connectivity index (χ0n) is 10.7. The number of aliphatic hydroxyl groups is 1. The number of hydrogen-bond acceptors (Lipinski definition) is 3. The van der Waals surface area contributed by atoms with Crippen LogP contribution in [0.2, 0.25) is 0 Å². The summed E-state index contributed by atoms with van der Waals surface area (Å²) in [4.78, 5) is 2.38. The standard InChI is InChI=1S/C15H20N2O/c1-8-3-2-4-12(13(8)16)17-7-10-5-9-6-11(10)14(17)15(9)18/h2-4,9-11,14-15,18H,5-7,16H2,1H3. The van der Waals surface area contributed by atoms with Gasteiger partial charge in [-0.15, -0.1) is 0 Å². The Hall–Kier alpha value is -1.22. The number of hydrogen-bond donors (Lipinski definition) is 2. The maximum atomic E-state index is 10.4. The average molecular weight is 244 g/mol. The summed E-state index contributed by atoms with van der Waals surface area (Å²) in [6.45, 7) is 3.13. The predicted molar refractivity (Wildman–Crippen MR) is 72.4 cm³/mol. The van der Waals surface area contributed by atoms with Crippen LogP contribution >= 0.6 is 0 Å². The van der Waals surface area contributed by atoms with Gasteiger partial charge in [0, 0.05) is 6.54 Å². The highest BCUT2D eigenvalue weighted by atomic mass is 16.3. The largest absolute Gasteiger partial charge is 0.397 e. The normalized spacial score (nSPS) is 40.8. The van der Waals surface area contributed by atoms with E-state index < -0.39 is 0 Å². The van der Waals surface area contributed by atoms with Crippen LogP contribution in [0.3, 0.4) is 0 Å². The van der Waals surface area contributed by atoms with Crippen molar-refractivity contribution in [2.24, 2.45) is 17.8 Å². The minimum absolute atomic E-state index is 0.145. The molecule has 1 aromatic rings. The van der Waals surface area contributed by atoms with E-state index in [1.54, 1.807) is 0 Å². The second-order valence-corrected chi connectivity index (χ2v) is 6.30. The van der Waals surface area contributed by atoms with Crippen molar-refractivity contribution in [2.45, 2.75) is 31.9 Å². The first-order valence-electron chi connectivity index (χ1n) is 6.96. The summed E-state index contributed by atoms with van der Waals surface area (Å²) in [5.41, 5.74) is 9.38. The van der Waals surface area contributed by atoms with Crippen molar-refractivity contribution in [3.8, 4) is 0 Å². The number of benzene rings is 1. The van der Waals surface area contributed by atoms with Crippen molar-refractivity contribution in [3.63, 3.8) is 0 Å². The number of para-hydroxylation sites is 1. The van der Waals surface area contributed by atoms with Crippen LogP contribution in [0.4, 0.5) is 11.4 Å². The number of rotatable bonds is 1. The third kappa shape index (κ3) is 1.18. The predicted octanol–water partition coefficient (Wildman–Crippen LogP) is 1.78. The molecule has 3 aliphatic rings. The second-order valence-electron chi connectivity index (χ2n) is 6.30. The summed E-state index contributed by atoms with van der Waals surface area (Å²) >= 11 is 0. The lowest BCUT2D eigenvalue weighted by atomic mass is 9.88. The van der Waals surface area contributed by atoms with Crippen molar-refractivity contribution in [3.05, 3.63) is 23.8 Å². The highest BCUT2D eigenvalue weighted by Gasteiger charge is 2.59. The highest BCUT2D eigenvalue weighted by molar-refractivity contribution is 5.72. The Morgan fingerprint density at radius 1 is 1.28 bits per heavy atom. The Morgan fingerprint density at radius 2 is 2.11 bits per heavy atom. The summed E-state index contributed by atoms with van der Waals surface area (Å²) in [5.74, 6) is 2.02. The molecular formula is C15H20N2O. The molecule has 1 saturated heterocycles. The third-order valence-electron chi connectivity index (χ3n) is 5.46. The fourth-order valence-electron chi connectivity index (χ4n) is 4.61. The molecule has 1 heterocycles. The van der Waals surface area contributed by atoms with Gasteiger partial charge in [-0.1, -0.05) is 12.1 Å². The zero-order valence-corrected chi connectivity index (χ0v) is 10.7. The number of nitrogens with zero attached hydrogens (tertiary/aromatic N) is 1. The molecule has 18 heavy (non-hydrogen) atoms. The number of aliphatic hydroxyl groups excluding tert-OH is 1. The molecule has 0 amide bonds. The average Bonchev–Trinajstić information content (AvgIpc) is 2.94. The maximum Gasteiger partial charge on any atom is 0.0774 e. The van der Waals surface area contributed by atoms with Crippen LogP contribution in [-0.2, 0) is 0 Å². The third-order valence-corrected chi connectivity index (χ3v) is 5.46. The van der Waals surface area contributed by atoms with Crippen molar-refractivity contribution >= 4 is 11.4 Å². The van der Waals surface area contributed by atoms with Gasteiger partial charge < -0.3 is 15.7 Å². The van der Waals surface area contributed by atoms with Crippen molar-refractivity contribution in [1.82, 2.24) is 0 Å². The molecular weight excluding hydrogens is 224 g/mol. The molecule has 2 bridgehead atoms. The molecule has 3 N–H and O–H groups in total. The molecule has 1 aromatic carbocycles. The van der Waals surface area contributed by atoms with Gasteiger partial charge in [-0.3, -0.25) is 0 Å². The molecule has 5 atom stereocenters. The minimum atomic E-state index is -0.145. The second kappa shape index (κ2) is 3.41. The van der Waals surface area contributed by atoms with Gasteiger partial charge in [-0.25, -0.2) is 0 Å². The summed E-state index contributed by atoms with van der Waals surface area (Å²) in [7, 11) is 0. The molecule has 4 rings (SSSR count). The van der Waals surface area contributed by atoms with Crippen molar-refractivity contribution in [2.75, 3.05) is 17.2 Å². The molecule has 0 radical (unpaired) electrons. The van der Waals surface area contributed by atoms with Crippen LogP contribution in [0.5, 0.6) is 0 Å². The number of nitrogen functional groups attached to an aromatic ring is 1. The fraction of sp³-hybridized carbons (Fsp3) is 0.600. The molecule has 3 heteroatoms. The van der Waals surface area contributed by atoms with E-state index >= 15 is 0 Å². The molecule has 0 spiro atoms. The van der Waals surface area contributed by atoms with Crippen LogP contribution in [0, 0.1) is 24.7 Å². The fourth-order valence-corrected chi connectivity index (χ4v) is 4.61. The van der Waals surface area contributed by atoms with Gasteiger partial charge >= 0.3 is 0 Å². The molecule has 96 valence electrons.